The highest BCUT2D eigenvalue weighted by Gasteiger charge is 2.18. The lowest BCUT2D eigenvalue weighted by atomic mass is 10.0. The molecule has 0 saturated carbocycles. The number of rotatable bonds is 4. The summed E-state index contributed by atoms with van der Waals surface area (Å²) in [5.74, 6) is 0. The van der Waals surface area contributed by atoms with Crippen molar-refractivity contribution in [2.45, 2.75) is 19.1 Å². The van der Waals surface area contributed by atoms with Gasteiger partial charge in [0.1, 0.15) is 0 Å². The molecular formula is C11H15NO2. The van der Waals surface area contributed by atoms with E-state index in [2.05, 4.69) is 0 Å². The first-order valence-electron chi connectivity index (χ1n) is 4.57. The minimum absolute atomic E-state index is 0.213. The molecule has 0 heterocycles. The predicted molar refractivity (Wildman–Crippen MR) is 54.7 cm³/mol. The Hall–Kier alpha value is -1.35. The summed E-state index contributed by atoms with van der Waals surface area (Å²) < 4.78 is 0. The van der Waals surface area contributed by atoms with Gasteiger partial charge in [0.05, 0.1) is 12.1 Å². The molecule has 1 aromatic carbocycles. The van der Waals surface area contributed by atoms with E-state index in [-0.39, 0.29) is 6.04 Å². The maximum absolute atomic E-state index is 10.5. The Labute approximate surface area is 84.0 Å². The molecule has 1 N–H and O–H groups in total. The normalized spacial score (nSPS) is 14.5. The average molecular weight is 193 g/mol. The quantitative estimate of drug-likeness (QED) is 0.730. The first-order chi connectivity index (χ1) is 6.66. The molecule has 1 rings (SSSR count). The SMILES string of the molecule is C[C@H](C(O)c1ccccc1)N(C)C=O. The number of carbonyl (C=O) groups excluding carboxylic acids is 1. The zero-order chi connectivity index (χ0) is 10.6. The summed E-state index contributed by atoms with van der Waals surface area (Å²) in [4.78, 5) is 12.0. The van der Waals surface area contributed by atoms with Crippen molar-refractivity contribution in [2.75, 3.05) is 7.05 Å². The molecule has 14 heavy (non-hydrogen) atoms. The number of hydrogen-bond donors (Lipinski definition) is 1. The minimum atomic E-state index is -0.633. The molecule has 76 valence electrons. The molecule has 1 amide bonds. The van der Waals surface area contributed by atoms with E-state index in [9.17, 15) is 9.90 Å². The largest absolute Gasteiger partial charge is 0.386 e. The third-order valence-corrected chi connectivity index (χ3v) is 2.41. The summed E-state index contributed by atoms with van der Waals surface area (Å²) in [7, 11) is 1.66. The van der Waals surface area contributed by atoms with E-state index in [4.69, 9.17) is 0 Å². The van der Waals surface area contributed by atoms with E-state index in [1.807, 2.05) is 37.3 Å². The number of benzene rings is 1. The zero-order valence-electron chi connectivity index (χ0n) is 8.42. The molecule has 0 aliphatic heterocycles. The van der Waals surface area contributed by atoms with Crippen molar-refractivity contribution >= 4 is 6.41 Å². The molecule has 3 heteroatoms. The first kappa shape index (κ1) is 10.7. The van der Waals surface area contributed by atoms with Gasteiger partial charge in [0.2, 0.25) is 6.41 Å². The third kappa shape index (κ3) is 2.33. The lowest BCUT2D eigenvalue weighted by Crippen LogP contribution is -2.33. The Balaban J connectivity index is 2.75. The van der Waals surface area contributed by atoms with Crippen molar-refractivity contribution in [3.63, 3.8) is 0 Å². The second-order valence-electron chi connectivity index (χ2n) is 3.37. The van der Waals surface area contributed by atoms with E-state index in [1.54, 1.807) is 7.05 Å². The van der Waals surface area contributed by atoms with Crippen LogP contribution < -0.4 is 0 Å². The van der Waals surface area contributed by atoms with E-state index in [1.165, 1.54) is 4.90 Å². The molecule has 0 aliphatic carbocycles. The van der Waals surface area contributed by atoms with Crippen LogP contribution in [-0.2, 0) is 4.79 Å². The number of aliphatic hydroxyl groups is 1. The summed E-state index contributed by atoms with van der Waals surface area (Å²) in [5, 5.41) is 9.89. The highest BCUT2D eigenvalue weighted by atomic mass is 16.3. The van der Waals surface area contributed by atoms with Gasteiger partial charge >= 0.3 is 0 Å². The van der Waals surface area contributed by atoms with Gasteiger partial charge < -0.3 is 10.0 Å². The molecule has 1 aromatic rings. The van der Waals surface area contributed by atoms with Crippen molar-refractivity contribution in [1.29, 1.82) is 0 Å². The van der Waals surface area contributed by atoms with E-state index >= 15 is 0 Å². The first-order valence-corrected chi connectivity index (χ1v) is 4.57. The van der Waals surface area contributed by atoms with Crippen molar-refractivity contribution < 1.29 is 9.90 Å². The number of aliphatic hydroxyl groups excluding tert-OH is 1. The number of nitrogens with zero attached hydrogens (tertiary/aromatic N) is 1. The Bertz CT molecular complexity index is 287. The van der Waals surface area contributed by atoms with Crippen LogP contribution in [0.4, 0.5) is 0 Å². The fraction of sp³-hybridized carbons (Fsp3) is 0.364. The summed E-state index contributed by atoms with van der Waals surface area (Å²) >= 11 is 0. The van der Waals surface area contributed by atoms with Crippen LogP contribution in [0.15, 0.2) is 30.3 Å². The molecule has 0 spiro atoms. The average Bonchev–Trinajstić information content (AvgIpc) is 2.27. The second-order valence-corrected chi connectivity index (χ2v) is 3.37. The van der Waals surface area contributed by atoms with Crippen molar-refractivity contribution in [3.8, 4) is 0 Å². The van der Waals surface area contributed by atoms with Crippen LogP contribution in [0.5, 0.6) is 0 Å². The Morgan fingerprint density at radius 2 is 1.93 bits per heavy atom. The third-order valence-electron chi connectivity index (χ3n) is 2.41. The summed E-state index contributed by atoms with van der Waals surface area (Å²) in [6.45, 7) is 1.81. The zero-order valence-corrected chi connectivity index (χ0v) is 8.42. The smallest absolute Gasteiger partial charge is 0.209 e. The van der Waals surface area contributed by atoms with E-state index < -0.39 is 6.10 Å². The fourth-order valence-corrected chi connectivity index (χ4v) is 1.25. The number of amides is 1. The summed E-state index contributed by atoms with van der Waals surface area (Å²) in [6.07, 6.45) is 0.0861. The van der Waals surface area contributed by atoms with Gasteiger partial charge in [0.15, 0.2) is 0 Å². The maximum atomic E-state index is 10.5. The van der Waals surface area contributed by atoms with Crippen LogP contribution in [0.1, 0.15) is 18.6 Å². The van der Waals surface area contributed by atoms with Crippen LogP contribution in [-0.4, -0.2) is 29.5 Å². The standard InChI is InChI=1S/C11H15NO2/c1-9(12(2)8-13)11(14)10-6-4-3-5-7-10/h3-9,11,14H,1-2H3/t9-,11?/m1/s1. The highest BCUT2D eigenvalue weighted by molar-refractivity contribution is 5.47. The monoisotopic (exact) mass is 193 g/mol. The van der Waals surface area contributed by atoms with Crippen LogP contribution in [0.25, 0.3) is 0 Å². The lowest BCUT2D eigenvalue weighted by molar-refractivity contribution is -0.120. The van der Waals surface area contributed by atoms with Crippen molar-refractivity contribution in [2.24, 2.45) is 0 Å². The number of likely N-dealkylation sites (N-methyl/N-ethyl adjacent to an activating group) is 1. The molecule has 0 bridgehead atoms. The van der Waals surface area contributed by atoms with Gasteiger partial charge in [-0.15, -0.1) is 0 Å². The second kappa shape index (κ2) is 4.77. The Kier molecular flexibility index (Phi) is 3.65. The molecular weight excluding hydrogens is 178 g/mol. The lowest BCUT2D eigenvalue weighted by Gasteiger charge is -2.25. The van der Waals surface area contributed by atoms with Crippen LogP contribution >= 0.6 is 0 Å². The molecule has 2 atom stereocenters. The van der Waals surface area contributed by atoms with Gasteiger partial charge in [-0.2, -0.15) is 0 Å². The Morgan fingerprint density at radius 1 is 1.36 bits per heavy atom. The molecule has 0 aliphatic rings. The molecule has 0 fully saturated rings. The van der Waals surface area contributed by atoms with Gasteiger partial charge in [0, 0.05) is 7.05 Å². The van der Waals surface area contributed by atoms with Crippen molar-refractivity contribution in [3.05, 3.63) is 35.9 Å². The van der Waals surface area contributed by atoms with Crippen molar-refractivity contribution in [1.82, 2.24) is 4.90 Å². The Morgan fingerprint density at radius 3 is 2.43 bits per heavy atom. The number of hydrogen-bond acceptors (Lipinski definition) is 2. The summed E-state index contributed by atoms with van der Waals surface area (Å²) in [5.41, 5.74) is 0.828. The molecule has 0 saturated heterocycles. The molecule has 0 radical (unpaired) electrons. The number of carbonyl (C=O) groups is 1. The molecule has 3 nitrogen and oxygen atoms in total. The molecule has 0 aromatic heterocycles. The van der Waals surface area contributed by atoms with Crippen LogP contribution in [0, 0.1) is 0 Å². The van der Waals surface area contributed by atoms with Gasteiger partial charge in [-0.05, 0) is 12.5 Å². The van der Waals surface area contributed by atoms with Crippen LogP contribution in [0.3, 0.4) is 0 Å². The van der Waals surface area contributed by atoms with Crippen LogP contribution in [0.2, 0.25) is 0 Å². The van der Waals surface area contributed by atoms with Gasteiger partial charge in [0.25, 0.3) is 0 Å². The minimum Gasteiger partial charge on any atom is -0.386 e. The summed E-state index contributed by atoms with van der Waals surface area (Å²) in [6, 6.07) is 9.11. The van der Waals surface area contributed by atoms with E-state index in [0.29, 0.717) is 0 Å². The van der Waals surface area contributed by atoms with Gasteiger partial charge in [-0.25, -0.2) is 0 Å². The molecule has 1 unspecified atom stereocenters. The topological polar surface area (TPSA) is 40.5 Å². The van der Waals surface area contributed by atoms with Gasteiger partial charge in [-0.3, -0.25) is 4.79 Å². The highest BCUT2D eigenvalue weighted by Crippen LogP contribution is 2.18. The van der Waals surface area contributed by atoms with E-state index in [0.717, 1.165) is 12.0 Å². The van der Waals surface area contributed by atoms with Gasteiger partial charge in [-0.1, -0.05) is 30.3 Å². The predicted octanol–water partition coefficient (Wildman–Crippen LogP) is 1.20. The maximum Gasteiger partial charge on any atom is 0.209 e. The fourth-order valence-electron chi connectivity index (χ4n) is 1.25.